The zero-order valence-electron chi connectivity index (χ0n) is 33.8. The van der Waals surface area contributed by atoms with Gasteiger partial charge in [-0.05, 0) is 85.6 Å². The monoisotopic (exact) mass is 783 g/mol. The molecule has 2 heteroatoms. The minimum absolute atomic E-state index is 0.223. The Balaban J connectivity index is 0.000000120. The molecule has 0 amide bonds. The van der Waals surface area contributed by atoms with Gasteiger partial charge in [0, 0.05) is 28.3 Å². The van der Waals surface area contributed by atoms with E-state index in [2.05, 4.69) is 218 Å². The van der Waals surface area contributed by atoms with Gasteiger partial charge in [-0.1, -0.05) is 218 Å². The van der Waals surface area contributed by atoms with Crippen LogP contribution in [0.4, 0.5) is 5.69 Å². The van der Waals surface area contributed by atoms with Crippen LogP contribution in [0.5, 0.6) is 0 Å². The second-order valence-corrected chi connectivity index (χ2v) is 15.8. The minimum Gasteiger partial charge on any atom is -0.456 e. The highest BCUT2D eigenvalue weighted by molar-refractivity contribution is 6.05. The molecule has 0 bridgehead atoms. The van der Waals surface area contributed by atoms with E-state index in [1.165, 1.54) is 66.1 Å². The third-order valence-electron chi connectivity index (χ3n) is 12.3. The van der Waals surface area contributed by atoms with E-state index in [4.69, 9.17) is 10.2 Å². The minimum atomic E-state index is -0.223. The smallest absolute Gasteiger partial charge is 0.136 e. The van der Waals surface area contributed by atoms with Gasteiger partial charge < -0.3 is 10.2 Å². The molecule has 10 aromatic rings. The molecule has 1 aromatic heterocycles. The normalized spacial score (nSPS) is 15.6. The number of fused-ring (bicyclic) bond motifs is 7. The molecular weight excluding hydrogens is 739 g/mol. The standard InChI is InChI=1S/C25H21N.C24H16O.C10H8/c26-20-15-16-22-21-13-7-8-14-23(21)25(24(22)17-20,18-9-3-1-4-10-18)19-11-5-2-6-12-19;1-2-6-17(7-3-1)18-10-12-19(13-11-18)20-14-15-22-21-8-4-5-9-23(21)25-24(22)16-20;1-2-6-10-8-4-3-7-9(10)5-1/h1-17,21,23H,26H2;1-16H;1-8H. The predicted octanol–water partition coefficient (Wildman–Crippen LogP) is 15.2. The quantitative estimate of drug-likeness (QED) is 0.181. The molecule has 2 unspecified atom stereocenters. The van der Waals surface area contributed by atoms with Gasteiger partial charge in [0.25, 0.3) is 0 Å². The Morgan fingerprint density at radius 1 is 0.393 bits per heavy atom. The first-order valence-electron chi connectivity index (χ1n) is 21.0. The summed E-state index contributed by atoms with van der Waals surface area (Å²) in [7, 11) is 0. The molecule has 2 nitrogen and oxygen atoms in total. The fourth-order valence-electron chi connectivity index (χ4n) is 9.49. The van der Waals surface area contributed by atoms with Gasteiger partial charge in [0.05, 0.1) is 5.41 Å². The lowest BCUT2D eigenvalue weighted by Gasteiger charge is -2.38. The number of benzene rings is 9. The maximum Gasteiger partial charge on any atom is 0.136 e. The van der Waals surface area contributed by atoms with E-state index < -0.39 is 0 Å². The van der Waals surface area contributed by atoms with Crippen molar-refractivity contribution in [3.05, 3.63) is 271 Å². The molecule has 2 aliphatic carbocycles. The summed E-state index contributed by atoms with van der Waals surface area (Å²) in [6.45, 7) is 0. The fourth-order valence-corrected chi connectivity index (χ4v) is 9.49. The van der Waals surface area contributed by atoms with E-state index in [0.29, 0.717) is 11.8 Å². The molecule has 0 saturated heterocycles. The van der Waals surface area contributed by atoms with Gasteiger partial charge in [-0.3, -0.25) is 0 Å². The van der Waals surface area contributed by atoms with Gasteiger partial charge >= 0.3 is 0 Å². The zero-order chi connectivity index (χ0) is 41.0. The summed E-state index contributed by atoms with van der Waals surface area (Å²) in [4.78, 5) is 0. The van der Waals surface area contributed by atoms with Crippen molar-refractivity contribution >= 4 is 38.4 Å². The molecule has 2 N–H and O–H groups in total. The number of para-hydroxylation sites is 1. The first kappa shape index (κ1) is 37.6. The van der Waals surface area contributed by atoms with E-state index in [9.17, 15) is 0 Å². The first-order valence-corrected chi connectivity index (χ1v) is 21.0. The Kier molecular flexibility index (Phi) is 10.2. The van der Waals surface area contributed by atoms with Crippen LogP contribution in [0.2, 0.25) is 0 Å². The largest absolute Gasteiger partial charge is 0.456 e. The number of nitrogens with two attached hydrogens (primary N) is 1. The first-order chi connectivity index (χ1) is 30.2. The number of rotatable bonds is 4. The van der Waals surface area contributed by atoms with Crippen LogP contribution >= 0.6 is 0 Å². The summed E-state index contributed by atoms with van der Waals surface area (Å²) in [5, 5.41) is 4.96. The summed E-state index contributed by atoms with van der Waals surface area (Å²) in [5.41, 5.74) is 18.9. The summed E-state index contributed by atoms with van der Waals surface area (Å²) in [5.74, 6) is 0.713. The molecular formula is C59H45NO. The zero-order valence-corrected chi connectivity index (χ0v) is 33.8. The molecule has 0 saturated carbocycles. The maximum atomic E-state index is 6.26. The van der Waals surface area contributed by atoms with E-state index >= 15 is 0 Å². The average molecular weight is 784 g/mol. The number of hydrogen-bond donors (Lipinski definition) is 1. The van der Waals surface area contributed by atoms with Gasteiger partial charge in [-0.15, -0.1) is 0 Å². The topological polar surface area (TPSA) is 39.2 Å². The second kappa shape index (κ2) is 16.5. The molecule has 61 heavy (non-hydrogen) atoms. The molecule has 12 rings (SSSR count). The van der Waals surface area contributed by atoms with Crippen molar-refractivity contribution in [2.24, 2.45) is 5.92 Å². The maximum absolute atomic E-state index is 6.26. The van der Waals surface area contributed by atoms with Gasteiger partial charge in [-0.2, -0.15) is 0 Å². The van der Waals surface area contributed by atoms with Crippen LogP contribution in [0.15, 0.2) is 253 Å². The van der Waals surface area contributed by atoms with Crippen LogP contribution in [-0.4, -0.2) is 0 Å². The highest BCUT2D eigenvalue weighted by Gasteiger charge is 2.52. The fraction of sp³-hybridized carbons (Fsp3) is 0.0508. The number of hydrogen-bond acceptors (Lipinski definition) is 2. The van der Waals surface area contributed by atoms with Crippen molar-refractivity contribution in [2.75, 3.05) is 5.73 Å². The van der Waals surface area contributed by atoms with E-state index in [0.717, 1.165) is 16.9 Å². The number of furan rings is 1. The van der Waals surface area contributed by atoms with Crippen molar-refractivity contribution in [3.8, 4) is 22.3 Å². The second-order valence-electron chi connectivity index (χ2n) is 15.8. The van der Waals surface area contributed by atoms with Crippen LogP contribution in [0.1, 0.15) is 28.2 Å². The van der Waals surface area contributed by atoms with Crippen molar-refractivity contribution in [1.29, 1.82) is 0 Å². The Morgan fingerprint density at radius 2 is 0.885 bits per heavy atom. The summed E-state index contributed by atoms with van der Waals surface area (Å²) in [6.07, 6.45) is 9.08. The van der Waals surface area contributed by atoms with Crippen molar-refractivity contribution in [1.82, 2.24) is 0 Å². The lowest BCUT2D eigenvalue weighted by molar-refractivity contribution is 0.457. The van der Waals surface area contributed by atoms with Gasteiger partial charge in [0.15, 0.2) is 0 Å². The molecule has 0 radical (unpaired) electrons. The number of allylic oxidation sites excluding steroid dienone is 4. The molecule has 2 aliphatic rings. The molecule has 0 fully saturated rings. The number of nitrogen functional groups attached to an aromatic ring is 1. The Morgan fingerprint density at radius 3 is 1.52 bits per heavy atom. The van der Waals surface area contributed by atoms with Gasteiger partial charge in [-0.25, -0.2) is 0 Å². The van der Waals surface area contributed by atoms with E-state index in [1.54, 1.807) is 0 Å². The SMILES string of the molecule is Nc1ccc2c(c1)C(c1ccccc1)(c1ccccc1)C1C=CC=CC21.c1ccc(-c2ccc(-c3ccc4c(c3)oc3ccccc34)cc2)cc1.c1ccc2ccccc2c1. The van der Waals surface area contributed by atoms with Crippen LogP contribution in [0.3, 0.4) is 0 Å². The van der Waals surface area contributed by atoms with E-state index in [1.807, 2.05) is 30.3 Å². The van der Waals surface area contributed by atoms with Crippen molar-refractivity contribution in [3.63, 3.8) is 0 Å². The number of anilines is 1. The molecule has 0 spiro atoms. The van der Waals surface area contributed by atoms with Crippen molar-refractivity contribution in [2.45, 2.75) is 11.3 Å². The third kappa shape index (κ3) is 7.13. The summed E-state index contributed by atoms with van der Waals surface area (Å²) < 4.78 is 6.01. The molecule has 2 atom stereocenters. The van der Waals surface area contributed by atoms with Crippen LogP contribution in [-0.2, 0) is 5.41 Å². The average Bonchev–Trinajstić information content (AvgIpc) is 3.86. The lowest BCUT2D eigenvalue weighted by Crippen LogP contribution is -2.35. The molecule has 0 aliphatic heterocycles. The summed E-state index contributed by atoms with van der Waals surface area (Å²) >= 11 is 0. The van der Waals surface area contributed by atoms with Gasteiger partial charge in [0.1, 0.15) is 11.2 Å². The van der Waals surface area contributed by atoms with Crippen LogP contribution in [0, 0.1) is 5.92 Å². The Hall–Kier alpha value is -7.68. The lowest BCUT2D eigenvalue weighted by atomic mass is 9.63. The molecule has 292 valence electrons. The van der Waals surface area contributed by atoms with Gasteiger partial charge in [0.2, 0.25) is 0 Å². The highest BCUT2D eigenvalue weighted by Crippen LogP contribution is 2.59. The highest BCUT2D eigenvalue weighted by atomic mass is 16.3. The predicted molar refractivity (Wildman–Crippen MR) is 257 cm³/mol. The molecule has 9 aromatic carbocycles. The Labute approximate surface area is 357 Å². The van der Waals surface area contributed by atoms with Crippen LogP contribution < -0.4 is 5.73 Å². The van der Waals surface area contributed by atoms with Crippen molar-refractivity contribution < 1.29 is 4.42 Å². The summed E-state index contributed by atoms with van der Waals surface area (Å²) in [6, 6.07) is 78.7. The Bertz CT molecular complexity index is 3040. The third-order valence-corrected chi connectivity index (χ3v) is 12.3. The van der Waals surface area contributed by atoms with Crippen LogP contribution in [0.25, 0.3) is 55.0 Å². The molecule has 1 heterocycles. The van der Waals surface area contributed by atoms with E-state index in [-0.39, 0.29) is 5.41 Å².